The highest BCUT2D eigenvalue weighted by atomic mass is 35.5. The summed E-state index contributed by atoms with van der Waals surface area (Å²) in [5.41, 5.74) is 0.916. The number of phenolic OH excluding ortho intramolecular Hbond substituents is 1. The smallest absolute Gasteiger partial charge is 0.293 e. The average molecular weight is 449 g/mol. The minimum absolute atomic E-state index is 0.0544. The van der Waals surface area contributed by atoms with Crippen LogP contribution in [0.4, 0.5) is 4.79 Å². The lowest BCUT2D eigenvalue weighted by atomic mass is 10.1. The third-order valence-electron chi connectivity index (χ3n) is 3.54. The van der Waals surface area contributed by atoms with Gasteiger partial charge in [0.25, 0.3) is 11.1 Å². The SMILES string of the molecule is O=C1S/C(=C\c2cc(Cl)cc(Cl)c2O)C(=O)N1Cc1ccc(Cl)c(Cl)c1. The van der Waals surface area contributed by atoms with Gasteiger partial charge in [0.15, 0.2) is 0 Å². The molecule has 1 aliphatic heterocycles. The van der Waals surface area contributed by atoms with Gasteiger partial charge in [0, 0.05) is 10.6 Å². The molecular weight excluding hydrogens is 440 g/mol. The summed E-state index contributed by atoms with van der Waals surface area (Å²) in [5, 5.41) is 10.7. The van der Waals surface area contributed by atoms with Crippen molar-refractivity contribution in [1.82, 2.24) is 4.90 Å². The minimum Gasteiger partial charge on any atom is -0.506 e. The molecular formula is C17H9Cl4NO3S. The van der Waals surface area contributed by atoms with Crippen molar-refractivity contribution in [3.05, 3.63) is 66.5 Å². The number of benzene rings is 2. The fraction of sp³-hybridized carbons (Fsp3) is 0.0588. The zero-order valence-corrected chi connectivity index (χ0v) is 16.6. The average Bonchev–Trinajstić information content (AvgIpc) is 2.83. The number of halogens is 4. The summed E-state index contributed by atoms with van der Waals surface area (Å²) < 4.78 is 0. The summed E-state index contributed by atoms with van der Waals surface area (Å²) in [6.45, 7) is 0.0567. The lowest BCUT2D eigenvalue weighted by molar-refractivity contribution is -0.123. The van der Waals surface area contributed by atoms with Crippen molar-refractivity contribution in [3.8, 4) is 5.75 Å². The maximum Gasteiger partial charge on any atom is 0.293 e. The Kier molecular flexibility index (Phi) is 5.75. The number of hydrogen-bond acceptors (Lipinski definition) is 4. The predicted molar refractivity (Wildman–Crippen MR) is 106 cm³/mol. The molecule has 0 spiro atoms. The van der Waals surface area contributed by atoms with E-state index in [1.165, 1.54) is 18.2 Å². The Morgan fingerprint density at radius 1 is 1.00 bits per heavy atom. The van der Waals surface area contributed by atoms with E-state index in [1.54, 1.807) is 18.2 Å². The molecule has 26 heavy (non-hydrogen) atoms. The molecule has 0 saturated carbocycles. The quantitative estimate of drug-likeness (QED) is 0.564. The summed E-state index contributed by atoms with van der Waals surface area (Å²) in [4.78, 5) is 26.0. The van der Waals surface area contributed by atoms with Crippen LogP contribution in [-0.2, 0) is 11.3 Å². The van der Waals surface area contributed by atoms with Crippen molar-refractivity contribution in [2.45, 2.75) is 6.54 Å². The monoisotopic (exact) mass is 447 g/mol. The van der Waals surface area contributed by atoms with Gasteiger partial charge in [0.1, 0.15) is 5.75 Å². The zero-order chi connectivity index (χ0) is 19.0. The Labute approximate surface area is 173 Å². The largest absolute Gasteiger partial charge is 0.506 e. The van der Waals surface area contributed by atoms with Crippen LogP contribution in [0.5, 0.6) is 5.75 Å². The molecule has 2 aromatic carbocycles. The highest BCUT2D eigenvalue weighted by molar-refractivity contribution is 8.18. The Morgan fingerprint density at radius 3 is 2.42 bits per heavy atom. The third kappa shape index (κ3) is 3.97. The number of phenols is 1. The first-order chi connectivity index (χ1) is 12.3. The Balaban J connectivity index is 1.88. The summed E-state index contributed by atoms with van der Waals surface area (Å²) in [5.74, 6) is -0.700. The zero-order valence-electron chi connectivity index (χ0n) is 12.8. The van der Waals surface area contributed by atoms with E-state index < -0.39 is 11.1 Å². The van der Waals surface area contributed by atoms with E-state index >= 15 is 0 Å². The number of amides is 2. The third-order valence-corrected chi connectivity index (χ3v) is 5.70. The van der Waals surface area contributed by atoms with E-state index in [0.717, 1.165) is 16.7 Å². The van der Waals surface area contributed by atoms with Crippen LogP contribution in [0.15, 0.2) is 35.2 Å². The fourth-order valence-electron chi connectivity index (χ4n) is 2.29. The van der Waals surface area contributed by atoms with E-state index in [0.29, 0.717) is 20.6 Å². The number of imide groups is 1. The van der Waals surface area contributed by atoms with Crippen molar-refractivity contribution in [2.24, 2.45) is 0 Å². The van der Waals surface area contributed by atoms with Gasteiger partial charge in [-0.3, -0.25) is 14.5 Å². The molecule has 0 radical (unpaired) electrons. The first-order valence-electron chi connectivity index (χ1n) is 7.13. The standard InChI is InChI=1S/C17H9Cl4NO3S/c18-10-4-9(15(23)13(21)6-10)5-14-16(24)22(17(25)26-14)7-8-1-2-11(19)12(20)3-8/h1-6,23H,7H2/b14-5-. The molecule has 1 heterocycles. The highest BCUT2D eigenvalue weighted by Crippen LogP contribution is 2.38. The lowest BCUT2D eigenvalue weighted by Crippen LogP contribution is -2.27. The second-order valence-electron chi connectivity index (χ2n) is 5.34. The van der Waals surface area contributed by atoms with Crippen LogP contribution in [0.1, 0.15) is 11.1 Å². The Hall–Kier alpha value is -1.37. The highest BCUT2D eigenvalue weighted by Gasteiger charge is 2.35. The molecule has 0 aromatic heterocycles. The molecule has 2 aromatic rings. The number of rotatable bonds is 3. The van der Waals surface area contributed by atoms with Gasteiger partial charge in [-0.05, 0) is 47.7 Å². The van der Waals surface area contributed by atoms with Gasteiger partial charge in [-0.1, -0.05) is 52.5 Å². The minimum atomic E-state index is -0.485. The molecule has 1 fully saturated rings. The first-order valence-corrected chi connectivity index (χ1v) is 9.46. The molecule has 4 nitrogen and oxygen atoms in total. The molecule has 0 aliphatic carbocycles. The molecule has 1 saturated heterocycles. The predicted octanol–water partition coefficient (Wildman–Crippen LogP) is 6.24. The van der Waals surface area contributed by atoms with Crippen molar-refractivity contribution >= 4 is 75.4 Å². The molecule has 1 aliphatic rings. The first kappa shape index (κ1) is 19.4. The van der Waals surface area contributed by atoms with Crippen molar-refractivity contribution in [1.29, 1.82) is 0 Å². The van der Waals surface area contributed by atoms with Gasteiger partial charge < -0.3 is 5.11 Å². The van der Waals surface area contributed by atoms with E-state index in [9.17, 15) is 14.7 Å². The van der Waals surface area contributed by atoms with E-state index in [2.05, 4.69) is 0 Å². The Morgan fingerprint density at radius 2 is 1.73 bits per heavy atom. The van der Waals surface area contributed by atoms with Crippen LogP contribution in [0, 0.1) is 0 Å². The summed E-state index contributed by atoms with van der Waals surface area (Å²) in [6, 6.07) is 7.71. The second kappa shape index (κ2) is 7.71. The van der Waals surface area contributed by atoms with E-state index in [4.69, 9.17) is 46.4 Å². The maximum absolute atomic E-state index is 12.6. The van der Waals surface area contributed by atoms with Gasteiger partial charge >= 0.3 is 0 Å². The normalized spacial score (nSPS) is 16.0. The Bertz CT molecular complexity index is 961. The number of hydrogen-bond donors (Lipinski definition) is 1. The van der Waals surface area contributed by atoms with E-state index in [1.807, 2.05) is 0 Å². The van der Waals surface area contributed by atoms with Crippen molar-refractivity contribution in [2.75, 3.05) is 0 Å². The number of thioether (sulfide) groups is 1. The molecule has 1 N–H and O–H groups in total. The number of nitrogens with zero attached hydrogens (tertiary/aromatic N) is 1. The van der Waals surface area contributed by atoms with Gasteiger partial charge in [-0.15, -0.1) is 0 Å². The fourth-order valence-corrected chi connectivity index (χ4v) is 3.95. The number of carbonyl (C=O) groups excluding carboxylic acids is 2. The second-order valence-corrected chi connectivity index (χ2v) is 7.99. The van der Waals surface area contributed by atoms with Crippen LogP contribution in [0.25, 0.3) is 6.08 Å². The molecule has 134 valence electrons. The maximum atomic E-state index is 12.6. The van der Waals surface area contributed by atoms with Gasteiger partial charge in [-0.25, -0.2) is 0 Å². The molecule has 3 rings (SSSR count). The summed E-state index contributed by atoms with van der Waals surface area (Å²) >= 11 is 24.4. The molecule has 9 heteroatoms. The van der Waals surface area contributed by atoms with Gasteiger partial charge in [0.05, 0.1) is 26.5 Å². The van der Waals surface area contributed by atoms with Gasteiger partial charge in [0.2, 0.25) is 0 Å². The molecule has 2 amide bonds. The van der Waals surface area contributed by atoms with E-state index in [-0.39, 0.29) is 27.8 Å². The van der Waals surface area contributed by atoms with Crippen molar-refractivity contribution in [3.63, 3.8) is 0 Å². The topological polar surface area (TPSA) is 57.6 Å². The van der Waals surface area contributed by atoms with Crippen LogP contribution in [0.2, 0.25) is 20.1 Å². The van der Waals surface area contributed by atoms with Gasteiger partial charge in [-0.2, -0.15) is 0 Å². The van der Waals surface area contributed by atoms with Crippen LogP contribution in [-0.4, -0.2) is 21.2 Å². The molecule has 0 unspecified atom stereocenters. The summed E-state index contributed by atoms with van der Waals surface area (Å²) in [6.07, 6.45) is 1.38. The lowest BCUT2D eigenvalue weighted by Gasteiger charge is -2.13. The van der Waals surface area contributed by atoms with Crippen LogP contribution >= 0.6 is 58.2 Å². The molecule has 0 bridgehead atoms. The number of aromatic hydroxyl groups is 1. The van der Waals surface area contributed by atoms with Crippen LogP contribution in [0.3, 0.4) is 0 Å². The summed E-state index contributed by atoms with van der Waals surface area (Å²) in [7, 11) is 0. The molecule has 0 atom stereocenters. The van der Waals surface area contributed by atoms with Crippen LogP contribution < -0.4 is 0 Å². The van der Waals surface area contributed by atoms with Crippen molar-refractivity contribution < 1.29 is 14.7 Å². The number of carbonyl (C=O) groups is 2.